The Bertz CT molecular complexity index is 1140. The van der Waals surface area contributed by atoms with Gasteiger partial charge in [0.1, 0.15) is 18.3 Å². The highest BCUT2D eigenvalue weighted by Crippen LogP contribution is 2.30. The van der Waals surface area contributed by atoms with Gasteiger partial charge in [-0.05, 0) is 57.4 Å². The lowest BCUT2D eigenvalue weighted by Gasteiger charge is -2.35. The number of hydrogen-bond donors (Lipinski definition) is 1. The standard InChI is InChI=1S/C26H37N3O5S/c1-8-21(25(31)27-26(3,4)5)28(17-20-14-10-9-13-19(20)2)24(30)18-29(35(7,32)33)22-15-11-12-16-23(22)34-6/h9-16,21H,8,17-18H2,1-7H3,(H,27,31). The minimum absolute atomic E-state index is 0.172. The first-order valence-electron chi connectivity index (χ1n) is 11.5. The highest BCUT2D eigenvalue weighted by atomic mass is 32.2. The number of amides is 2. The van der Waals surface area contributed by atoms with Crippen molar-refractivity contribution in [3.63, 3.8) is 0 Å². The van der Waals surface area contributed by atoms with Crippen molar-refractivity contribution < 1.29 is 22.7 Å². The van der Waals surface area contributed by atoms with Crippen LogP contribution in [0.2, 0.25) is 0 Å². The van der Waals surface area contributed by atoms with Crippen molar-refractivity contribution >= 4 is 27.5 Å². The Morgan fingerprint density at radius 1 is 1.06 bits per heavy atom. The molecule has 0 fully saturated rings. The minimum Gasteiger partial charge on any atom is -0.495 e. The number of ether oxygens (including phenoxy) is 1. The fourth-order valence-corrected chi connectivity index (χ4v) is 4.63. The van der Waals surface area contributed by atoms with Crippen molar-refractivity contribution in [2.75, 3.05) is 24.2 Å². The van der Waals surface area contributed by atoms with E-state index >= 15 is 0 Å². The summed E-state index contributed by atoms with van der Waals surface area (Å²) in [4.78, 5) is 28.4. The zero-order valence-electron chi connectivity index (χ0n) is 21.7. The quantitative estimate of drug-likeness (QED) is 0.535. The first kappa shape index (κ1) is 28.2. The van der Waals surface area contributed by atoms with E-state index in [2.05, 4.69) is 5.32 Å². The summed E-state index contributed by atoms with van der Waals surface area (Å²) >= 11 is 0. The van der Waals surface area contributed by atoms with Gasteiger partial charge in [-0.2, -0.15) is 0 Å². The van der Waals surface area contributed by atoms with Crippen LogP contribution >= 0.6 is 0 Å². The molecule has 1 atom stereocenters. The molecule has 9 heteroatoms. The Balaban J connectivity index is 2.51. The van der Waals surface area contributed by atoms with E-state index < -0.39 is 34.1 Å². The summed E-state index contributed by atoms with van der Waals surface area (Å²) in [7, 11) is -2.40. The Morgan fingerprint density at radius 2 is 1.66 bits per heavy atom. The van der Waals surface area contributed by atoms with E-state index in [0.29, 0.717) is 12.2 Å². The zero-order chi connectivity index (χ0) is 26.4. The van der Waals surface area contributed by atoms with E-state index in [0.717, 1.165) is 21.7 Å². The van der Waals surface area contributed by atoms with Crippen LogP contribution in [0, 0.1) is 6.92 Å². The van der Waals surface area contributed by atoms with Crippen LogP contribution in [0.15, 0.2) is 48.5 Å². The number of carbonyl (C=O) groups is 2. The summed E-state index contributed by atoms with van der Waals surface area (Å²) in [5.74, 6) is -0.445. The number of sulfonamides is 1. The Hall–Kier alpha value is -3.07. The number of para-hydroxylation sites is 2. The SMILES string of the molecule is CCC(C(=O)NC(C)(C)C)N(Cc1ccccc1C)C(=O)CN(c1ccccc1OC)S(C)(=O)=O. The normalized spacial score (nSPS) is 12.5. The average Bonchev–Trinajstić information content (AvgIpc) is 2.76. The summed E-state index contributed by atoms with van der Waals surface area (Å²) in [6.45, 7) is 9.09. The number of hydrogen-bond acceptors (Lipinski definition) is 5. The van der Waals surface area contributed by atoms with Gasteiger partial charge in [0.25, 0.3) is 0 Å². The molecule has 192 valence electrons. The number of carbonyl (C=O) groups excluding carboxylic acids is 2. The molecular weight excluding hydrogens is 466 g/mol. The zero-order valence-corrected chi connectivity index (χ0v) is 22.5. The molecule has 0 heterocycles. The maximum atomic E-state index is 13.8. The first-order chi connectivity index (χ1) is 16.3. The van der Waals surface area contributed by atoms with E-state index in [1.165, 1.54) is 12.0 Å². The molecule has 8 nitrogen and oxygen atoms in total. The minimum atomic E-state index is -3.84. The Morgan fingerprint density at radius 3 is 2.20 bits per heavy atom. The highest BCUT2D eigenvalue weighted by Gasteiger charge is 2.33. The largest absolute Gasteiger partial charge is 0.495 e. The van der Waals surface area contributed by atoms with E-state index in [9.17, 15) is 18.0 Å². The first-order valence-corrected chi connectivity index (χ1v) is 13.4. The lowest BCUT2D eigenvalue weighted by Crippen LogP contribution is -2.55. The lowest BCUT2D eigenvalue weighted by atomic mass is 10.0. The maximum Gasteiger partial charge on any atom is 0.244 e. The highest BCUT2D eigenvalue weighted by molar-refractivity contribution is 7.92. The third-order valence-electron chi connectivity index (χ3n) is 5.52. The van der Waals surface area contributed by atoms with Gasteiger partial charge in [-0.1, -0.05) is 43.3 Å². The van der Waals surface area contributed by atoms with Crippen molar-refractivity contribution in [2.45, 2.75) is 59.2 Å². The van der Waals surface area contributed by atoms with Gasteiger partial charge in [-0.15, -0.1) is 0 Å². The second kappa shape index (κ2) is 11.6. The van der Waals surface area contributed by atoms with Crippen molar-refractivity contribution in [3.8, 4) is 5.75 Å². The number of benzene rings is 2. The van der Waals surface area contributed by atoms with Gasteiger partial charge in [0.15, 0.2) is 0 Å². The van der Waals surface area contributed by atoms with Gasteiger partial charge >= 0.3 is 0 Å². The van der Waals surface area contributed by atoms with Crippen LogP contribution in [0.1, 0.15) is 45.2 Å². The Labute approximate surface area is 209 Å². The molecule has 0 spiro atoms. The lowest BCUT2D eigenvalue weighted by molar-refractivity contribution is -0.141. The number of rotatable bonds is 10. The van der Waals surface area contributed by atoms with Crippen molar-refractivity contribution in [2.24, 2.45) is 0 Å². The van der Waals surface area contributed by atoms with Crippen LogP contribution in [0.4, 0.5) is 5.69 Å². The average molecular weight is 504 g/mol. The van der Waals surface area contributed by atoms with Crippen molar-refractivity contribution in [1.82, 2.24) is 10.2 Å². The van der Waals surface area contributed by atoms with Gasteiger partial charge in [0.2, 0.25) is 21.8 Å². The van der Waals surface area contributed by atoms with Crippen molar-refractivity contribution in [1.29, 1.82) is 0 Å². The summed E-state index contributed by atoms with van der Waals surface area (Å²) < 4.78 is 31.9. The van der Waals surface area contributed by atoms with Crippen LogP contribution in [-0.4, -0.2) is 56.6 Å². The summed E-state index contributed by atoms with van der Waals surface area (Å²) in [6.07, 6.45) is 1.41. The van der Waals surface area contributed by atoms with Crippen LogP contribution in [-0.2, 0) is 26.2 Å². The van der Waals surface area contributed by atoms with Crippen LogP contribution in [0.5, 0.6) is 5.75 Å². The van der Waals surface area contributed by atoms with Gasteiger partial charge in [0, 0.05) is 12.1 Å². The predicted molar refractivity (Wildman–Crippen MR) is 139 cm³/mol. The number of nitrogens with zero attached hydrogens (tertiary/aromatic N) is 2. The molecule has 0 aliphatic carbocycles. The monoisotopic (exact) mass is 503 g/mol. The Kier molecular flexibility index (Phi) is 9.31. The maximum absolute atomic E-state index is 13.8. The smallest absolute Gasteiger partial charge is 0.244 e. The van der Waals surface area contributed by atoms with Crippen LogP contribution < -0.4 is 14.4 Å². The predicted octanol–water partition coefficient (Wildman–Crippen LogP) is 3.49. The van der Waals surface area contributed by atoms with Gasteiger partial charge in [0.05, 0.1) is 19.1 Å². The van der Waals surface area contributed by atoms with Crippen molar-refractivity contribution in [3.05, 3.63) is 59.7 Å². The summed E-state index contributed by atoms with van der Waals surface area (Å²) in [6, 6.07) is 13.5. The molecule has 1 N–H and O–H groups in total. The molecular formula is C26H37N3O5S. The summed E-state index contributed by atoms with van der Waals surface area (Å²) in [5.41, 5.74) is 1.62. The molecule has 0 bridgehead atoms. The fourth-order valence-electron chi connectivity index (χ4n) is 3.77. The fraction of sp³-hybridized carbons (Fsp3) is 0.462. The molecule has 2 aromatic rings. The van der Waals surface area contributed by atoms with E-state index in [1.54, 1.807) is 24.3 Å². The number of aryl methyl sites for hydroxylation is 1. The second-order valence-corrected chi connectivity index (χ2v) is 11.5. The number of methoxy groups -OCH3 is 1. The topological polar surface area (TPSA) is 96.0 Å². The number of anilines is 1. The van der Waals surface area contributed by atoms with E-state index in [1.807, 2.05) is 58.9 Å². The molecule has 0 radical (unpaired) electrons. The molecule has 2 aromatic carbocycles. The molecule has 0 saturated carbocycles. The molecule has 0 saturated heterocycles. The number of nitrogens with one attached hydrogen (secondary N) is 1. The van der Waals surface area contributed by atoms with E-state index in [4.69, 9.17) is 4.74 Å². The van der Waals surface area contributed by atoms with Gasteiger partial charge in [-0.3, -0.25) is 13.9 Å². The molecule has 0 aliphatic rings. The molecule has 0 aliphatic heterocycles. The van der Waals surface area contributed by atoms with Crippen LogP contribution in [0.3, 0.4) is 0 Å². The third kappa shape index (κ3) is 7.71. The van der Waals surface area contributed by atoms with Crippen LogP contribution in [0.25, 0.3) is 0 Å². The molecule has 1 unspecified atom stereocenters. The molecule has 35 heavy (non-hydrogen) atoms. The molecule has 0 aromatic heterocycles. The molecule has 2 rings (SSSR count). The van der Waals surface area contributed by atoms with Gasteiger partial charge < -0.3 is 15.0 Å². The third-order valence-corrected chi connectivity index (χ3v) is 6.65. The van der Waals surface area contributed by atoms with Gasteiger partial charge in [-0.25, -0.2) is 8.42 Å². The van der Waals surface area contributed by atoms with E-state index in [-0.39, 0.29) is 18.1 Å². The molecule has 2 amide bonds. The summed E-state index contributed by atoms with van der Waals surface area (Å²) in [5, 5.41) is 2.95. The second-order valence-electron chi connectivity index (χ2n) is 9.55.